The molecule has 2 aromatic carbocycles. The van der Waals surface area contributed by atoms with Gasteiger partial charge in [-0.15, -0.1) is 5.10 Å². The van der Waals surface area contributed by atoms with Crippen molar-refractivity contribution in [1.82, 2.24) is 24.1 Å². The van der Waals surface area contributed by atoms with Gasteiger partial charge in [0.15, 0.2) is 0 Å². The SMILES string of the molecule is Cc1cc(C)cc(NC(=O)Cn2nc3n(CCC(C)C)c(=O)c4ccc(C(=O)NC(C)C)cc4n3c2=O)c1. The summed E-state index contributed by atoms with van der Waals surface area (Å²) in [5.74, 6) is -0.281. The molecule has 4 rings (SSSR count). The third-order valence-corrected chi connectivity index (χ3v) is 6.19. The zero-order valence-corrected chi connectivity index (χ0v) is 22.7. The number of aromatic nitrogens is 4. The van der Waals surface area contributed by atoms with E-state index in [-0.39, 0.29) is 35.3 Å². The molecule has 2 amide bonds. The normalized spacial score (nSPS) is 11.6. The van der Waals surface area contributed by atoms with E-state index in [2.05, 4.69) is 15.7 Å². The molecule has 0 saturated carbocycles. The fraction of sp³-hybridized carbons (Fsp3) is 0.393. The fourth-order valence-corrected chi connectivity index (χ4v) is 4.48. The first kappa shape index (κ1) is 26.8. The van der Waals surface area contributed by atoms with E-state index in [0.717, 1.165) is 15.8 Å². The Morgan fingerprint density at radius 3 is 2.29 bits per heavy atom. The Morgan fingerprint density at radius 1 is 0.974 bits per heavy atom. The number of carbonyl (C=O) groups is 2. The average Bonchev–Trinajstić information content (AvgIpc) is 3.12. The monoisotopic (exact) mass is 518 g/mol. The van der Waals surface area contributed by atoms with Crippen molar-refractivity contribution in [3.63, 3.8) is 0 Å². The number of aryl methyl sites for hydroxylation is 3. The van der Waals surface area contributed by atoms with Crippen LogP contribution < -0.4 is 21.9 Å². The van der Waals surface area contributed by atoms with Crippen molar-refractivity contribution in [2.24, 2.45) is 5.92 Å². The number of hydrogen-bond donors (Lipinski definition) is 2. The van der Waals surface area contributed by atoms with E-state index in [0.29, 0.717) is 35.5 Å². The van der Waals surface area contributed by atoms with Crippen molar-refractivity contribution in [2.45, 2.75) is 67.1 Å². The number of anilines is 1. The van der Waals surface area contributed by atoms with Gasteiger partial charge in [0.2, 0.25) is 11.7 Å². The van der Waals surface area contributed by atoms with E-state index in [1.54, 1.807) is 12.1 Å². The van der Waals surface area contributed by atoms with Gasteiger partial charge in [0.25, 0.3) is 11.5 Å². The van der Waals surface area contributed by atoms with Crippen molar-refractivity contribution >= 4 is 34.2 Å². The molecular weight excluding hydrogens is 484 g/mol. The molecule has 38 heavy (non-hydrogen) atoms. The largest absolute Gasteiger partial charge is 0.352 e. The number of hydrogen-bond acceptors (Lipinski definition) is 5. The molecule has 0 radical (unpaired) electrons. The minimum atomic E-state index is -0.569. The lowest BCUT2D eigenvalue weighted by atomic mass is 10.1. The van der Waals surface area contributed by atoms with Crippen LogP contribution in [-0.2, 0) is 17.9 Å². The maximum atomic E-state index is 13.6. The highest BCUT2D eigenvalue weighted by atomic mass is 16.2. The van der Waals surface area contributed by atoms with Crippen LogP contribution in [0.5, 0.6) is 0 Å². The molecule has 0 unspecified atom stereocenters. The van der Waals surface area contributed by atoms with Gasteiger partial charge in [-0.25, -0.2) is 13.9 Å². The Kier molecular flexibility index (Phi) is 7.52. The molecule has 0 aliphatic rings. The predicted octanol–water partition coefficient (Wildman–Crippen LogP) is 3.25. The molecule has 0 spiro atoms. The van der Waals surface area contributed by atoms with Crippen molar-refractivity contribution in [3.8, 4) is 0 Å². The Hall–Kier alpha value is -4.21. The van der Waals surface area contributed by atoms with Gasteiger partial charge < -0.3 is 10.6 Å². The van der Waals surface area contributed by atoms with E-state index in [1.807, 2.05) is 59.7 Å². The van der Waals surface area contributed by atoms with Crippen molar-refractivity contribution in [3.05, 3.63) is 73.9 Å². The third kappa shape index (κ3) is 5.53. The van der Waals surface area contributed by atoms with Crippen LogP contribution >= 0.6 is 0 Å². The molecule has 0 aliphatic heterocycles. The van der Waals surface area contributed by atoms with E-state index in [4.69, 9.17) is 0 Å². The molecule has 200 valence electrons. The van der Waals surface area contributed by atoms with Gasteiger partial charge in [-0.3, -0.25) is 19.0 Å². The Morgan fingerprint density at radius 2 is 1.66 bits per heavy atom. The summed E-state index contributed by atoms with van der Waals surface area (Å²) in [5, 5.41) is 10.3. The predicted molar refractivity (Wildman–Crippen MR) is 148 cm³/mol. The van der Waals surface area contributed by atoms with Crippen molar-refractivity contribution in [1.29, 1.82) is 0 Å². The van der Waals surface area contributed by atoms with Crippen LogP contribution in [0.4, 0.5) is 5.69 Å². The second kappa shape index (κ2) is 10.6. The maximum absolute atomic E-state index is 13.6. The molecule has 0 atom stereocenters. The van der Waals surface area contributed by atoms with Gasteiger partial charge >= 0.3 is 5.69 Å². The second-order valence-electron chi connectivity index (χ2n) is 10.5. The highest BCUT2D eigenvalue weighted by molar-refractivity contribution is 5.98. The zero-order chi connectivity index (χ0) is 27.7. The lowest BCUT2D eigenvalue weighted by Gasteiger charge is -2.12. The van der Waals surface area contributed by atoms with Gasteiger partial charge in [-0.05, 0) is 81.5 Å². The number of nitrogens with one attached hydrogen (secondary N) is 2. The van der Waals surface area contributed by atoms with E-state index >= 15 is 0 Å². The molecule has 2 aromatic heterocycles. The van der Waals surface area contributed by atoms with E-state index in [1.165, 1.54) is 15.0 Å². The summed E-state index contributed by atoms with van der Waals surface area (Å²) in [6.45, 7) is 11.7. The summed E-state index contributed by atoms with van der Waals surface area (Å²) in [7, 11) is 0. The van der Waals surface area contributed by atoms with Crippen LogP contribution in [0.3, 0.4) is 0 Å². The third-order valence-electron chi connectivity index (χ3n) is 6.19. The Bertz CT molecular complexity index is 1640. The second-order valence-corrected chi connectivity index (χ2v) is 10.5. The van der Waals surface area contributed by atoms with Gasteiger partial charge in [-0.1, -0.05) is 19.9 Å². The molecule has 0 fully saturated rings. The zero-order valence-electron chi connectivity index (χ0n) is 22.7. The molecule has 0 bridgehead atoms. The fourth-order valence-electron chi connectivity index (χ4n) is 4.48. The average molecular weight is 519 g/mol. The first-order valence-electron chi connectivity index (χ1n) is 12.8. The van der Waals surface area contributed by atoms with Crippen LogP contribution in [0.1, 0.15) is 55.6 Å². The summed E-state index contributed by atoms with van der Waals surface area (Å²) in [5.41, 5.74) is 2.35. The summed E-state index contributed by atoms with van der Waals surface area (Å²) in [4.78, 5) is 52.6. The molecule has 4 aromatic rings. The standard InChI is InChI=1S/C28H34N6O4/c1-16(2)9-10-32-26(37)22-8-7-20(25(36)29-17(3)4)14-23(22)34-27(32)31-33(28(34)38)15-24(35)30-21-12-18(5)11-19(6)13-21/h7-8,11-14,16-17H,9-10,15H2,1-6H3,(H,29,36)(H,30,35). The minimum Gasteiger partial charge on any atom is -0.350 e. The number of rotatable bonds is 8. The summed E-state index contributed by atoms with van der Waals surface area (Å²) in [6, 6.07) is 10.3. The minimum absolute atomic E-state index is 0.0802. The smallest absolute Gasteiger partial charge is 0.350 e. The van der Waals surface area contributed by atoms with Gasteiger partial charge in [0.1, 0.15) is 6.54 Å². The Balaban J connectivity index is 1.83. The molecule has 0 saturated heterocycles. The molecular formula is C28H34N6O4. The topological polar surface area (TPSA) is 120 Å². The van der Waals surface area contributed by atoms with Crippen LogP contribution in [0, 0.1) is 19.8 Å². The lowest BCUT2D eigenvalue weighted by molar-refractivity contribution is -0.117. The highest BCUT2D eigenvalue weighted by Gasteiger charge is 2.20. The molecule has 2 heterocycles. The molecule has 2 N–H and O–H groups in total. The summed E-state index contributed by atoms with van der Waals surface area (Å²) in [6.07, 6.45) is 0.699. The van der Waals surface area contributed by atoms with Gasteiger partial charge in [-0.2, -0.15) is 0 Å². The summed E-state index contributed by atoms with van der Waals surface area (Å²) < 4.78 is 3.84. The highest BCUT2D eigenvalue weighted by Crippen LogP contribution is 2.16. The Labute approximate surface area is 220 Å². The molecule has 10 nitrogen and oxygen atoms in total. The number of amides is 2. The number of nitrogens with zero attached hydrogens (tertiary/aromatic N) is 4. The van der Waals surface area contributed by atoms with E-state index < -0.39 is 11.6 Å². The van der Waals surface area contributed by atoms with Gasteiger partial charge in [0, 0.05) is 23.8 Å². The van der Waals surface area contributed by atoms with Gasteiger partial charge in [0.05, 0.1) is 10.9 Å². The number of fused-ring (bicyclic) bond motifs is 3. The number of benzene rings is 2. The maximum Gasteiger partial charge on any atom is 0.352 e. The molecule has 0 aliphatic carbocycles. The molecule has 10 heteroatoms. The van der Waals surface area contributed by atoms with Crippen LogP contribution in [-0.4, -0.2) is 36.6 Å². The van der Waals surface area contributed by atoms with Crippen molar-refractivity contribution in [2.75, 3.05) is 5.32 Å². The van der Waals surface area contributed by atoms with Crippen molar-refractivity contribution < 1.29 is 9.59 Å². The lowest BCUT2D eigenvalue weighted by Crippen LogP contribution is -2.31. The van der Waals surface area contributed by atoms with Crippen LogP contribution in [0.25, 0.3) is 16.7 Å². The van der Waals surface area contributed by atoms with Crippen LogP contribution in [0.15, 0.2) is 46.0 Å². The van der Waals surface area contributed by atoms with Crippen LogP contribution in [0.2, 0.25) is 0 Å². The van der Waals surface area contributed by atoms with E-state index in [9.17, 15) is 19.2 Å². The number of carbonyl (C=O) groups excluding carboxylic acids is 2. The first-order valence-corrected chi connectivity index (χ1v) is 12.8. The summed E-state index contributed by atoms with van der Waals surface area (Å²) >= 11 is 0. The quantitative estimate of drug-likeness (QED) is 0.371. The first-order chi connectivity index (χ1) is 17.9.